The van der Waals surface area contributed by atoms with Gasteiger partial charge >= 0.3 is 0 Å². The summed E-state index contributed by atoms with van der Waals surface area (Å²) in [5.74, 6) is -0.464. The quantitative estimate of drug-likeness (QED) is 0.813. The van der Waals surface area contributed by atoms with Crippen LogP contribution in [0.2, 0.25) is 0 Å². The first-order valence-electron chi connectivity index (χ1n) is 7.21. The highest BCUT2D eigenvalue weighted by molar-refractivity contribution is 7.90. The van der Waals surface area contributed by atoms with Crippen LogP contribution in [0.1, 0.15) is 45.4 Å². The summed E-state index contributed by atoms with van der Waals surface area (Å²) in [6.07, 6.45) is 6.14. The molecule has 0 atom stereocenters. The van der Waals surface area contributed by atoms with Gasteiger partial charge < -0.3 is 5.32 Å². The van der Waals surface area contributed by atoms with Crippen LogP contribution in [0.5, 0.6) is 0 Å². The Morgan fingerprint density at radius 1 is 1.21 bits per heavy atom. The van der Waals surface area contributed by atoms with Gasteiger partial charge in [-0.25, -0.2) is 8.42 Å². The summed E-state index contributed by atoms with van der Waals surface area (Å²) in [4.78, 5) is 11.9. The summed E-state index contributed by atoms with van der Waals surface area (Å²) in [5.41, 5.74) is 0.408. The Balaban J connectivity index is 1.87. The van der Waals surface area contributed by atoms with E-state index in [1.807, 2.05) is 0 Å². The number of hydrogen-bond donors (Lipinski definition) is 2. The number of nitrogens with one attached hydrogen (secondary N) is 2. The number of carbonyl (C=O) groups is 1. The van der Waals surface area contributed by atoms with E-state index < -0.39 is 10.0 Å². The lowest BCUT2D eigenvalue weighted by molar-refractivity contribution is -0.125. The monoisotopic (exact) mass is 288 g/mol. The van der Waals surface area contributed by atoms with Crippen molar-refractivity contribution >= 4 is 15.9 Å². The fraction of sp³-hybridized carbons (Fsp3) is 0.923. The van der Waals surface area contributed by atoms with Crippen molar-refractivity contribution < 1.29 is 13.2 Å². The fourth-order valence-corrected chi connectivity index (χ4v) is 3.88. The smallest absolute Gasteiger partial charge is 0.236 e. The molecule has 1 saturated heterocycles. The second-order valence-corrected chi connectivity index (χ2v) is 7.90. The van der Waals surface area contributed by atoms with Crippen LogP contribution in [-0.2, 0) is 14.8 Å². The molecule has 2 aliphatic rings. The average Bonchev–Trinajstić information content (AvgIpc) is 2.40. The first kappa shape index (κ1) is 14.8. The number of carbonyl (C=O) groups excluding carboxylic acids is 1. The number of sulfonamides is 1. The molecule has 0 radical (unpaired) electrons. The Morgan fingerprint density at radius 2 is 1.79 bits per heavy atom. The average molecular weight is 288 g/mol. The molecule has 1 aliphatic heterocycles. The minimum Gasteiger partial charge on any atom is -0.317 e. The molecule has 110 valence electrons. The Hall–Kier alpha value is -0.620. The normalized spacial score (nSPS) is 24.3. The first-order valence-corrected chi connectivity index (χ1v) is 8.87. The van der Waals surface area contributed by atoms with Crippen molar-refractivity contribution in [2.24, 2.45) is 11.3 Å². The highest BCUT2D eigenvalue weighted by atomic mass is 32.2. The van der Waals surface area contributed by atoms with Crippen molar-refractivity contribution in [2.45, 2.75) is 45.4 Å². The van der Waals surface area contributed by atoms with Gasteiger partial charge in [0.15, 0.2) is 0 Å². The molecule has 1 aliphatic carbocycles. The van der Waals surface area contributed by atoms with E-state index in [9.17, 15) is 13.2 Å². The van der Waals surface area contributed by atoms with Gasteiger partial charge in [-0.15, -0.1) is 0 Å². The number of amides is 1. The zero-order chi connectivity index (χ0) is 13.9. The van der Waals surface area contributed by atoms with Crippen LogP contribution in [0.3, 0.4) is 0 Å². The second kappa shape index (κ2) is 5.79. The molecular formula is C13H24N2O3S. The predicted molar refractivity (Wildman–Crippen MR) is 74.1 cm³/mol. The Labute approximate surface area is 115 Å². The van der Waals surface area contributed by atoms with Gasteiger partial charge in [0.1, 0.15) is 0 Å². The maximum atomic E-state index is 11.9. The summed E-state index contributed by atoms with van der Waals surface area (Å²) < 4.78 is 25.0. The van der Waals surface area contributed by atoms with E-state index in [2.05, 4.69) is 10.0 Å². The molecule has 19 heavy (non-hydrogen) atoms. The van der Waals surface area contributed by atoms with Crippen LogP contribution in [0.15, 0.2) is 0 Å². The second-order valence-electron chi connectivity index (χ2n) is 5.89. The SMILES string of the molecule is CCS(=O)(=O)NC(=O)C1CCC2(CCNCC2)CC1. The number of piperidine rings is 1. The van der Waals surface area contributed by atoms with Crippen LogP contribution < -0.4 is 10.0 Å². The van der Waals surface area contributed by atoms with Gasteiger partial charge in [-0.3, -0.25) is 9.52 Å². The van der Waals surface area contributed by atoms with Crippen LogP contribution in [0.4, 0.5) is 0 Å². The minimum atomic E-state index is -3.41. The van der Waals surface area contributed by atoms with Crippen LogP contribution in [-0.4, -0.2) is 33.2 Å². The Bertz CT molecular complexity index is 417. The van der Waals surface area contributed by atoms with Crippen molar-refractivity contribution in [3.05, 3.63) is 0 Å². The standard InChI is InChI=1S/C13H24N2O3S/c1-2-19(17,18)15-12(16)11-3-5-13(6-4-11)7-9-14-10-8-13/h11,14H,2-10H2,1H3,(H,15,16). The van der Waals surface area contributed by atoms with E-state index in [0.717, 1.165) is 38.8 Å². The highest BCUT2D eigenvalue weighted by Crippen LogP contribution is 2.45. The molecule has 2 fully saturated rings. The third-order valence-corrected chi connectivity index (χ3v) is 5.99. The van der Waals surface area contributed by atoms with Crippen molar-refractivity contribution in [3.63, 3.8) is 0 Å². The molecule has 0 aromatic heterocycles. The minimum absolute atomic E-state index is 0.0406. The zero-order valence-electron chi connectivity index (χ0n) is 11.6. The van der Waals surface area contributed by atoms with Crippen LogP contribution >= 0.6 is 0 Å². The van der Waals surface area contributed by atoms with Gasteiger partial charge in [0.25, 0.3) is 0 Å². The van der Waals surface area contributed by atoms with Gasteiger partial charge in [0, 0.05) is 5.92 Å². The molecule has 0 aromatic rings. The molecule has 0 bridgehead atoms. The molecule has 2 N–H and O–H groups in total. The summed E-state index contributed by atoms with van der Waals surface area (Å²) in [6.45, 7) is 3.68. The van der Waals surface area contributed by atoms with Crippen molar-refractivity contribution in [1.29, 1.82) is 0 Å². The van der Waals surface area contributed by atoms with Crippen molar-refractivity contribution in [2.75, 3.05) is 18.8 Å². The summed E-state index contributed by atoms with van der Waals surface area (Å²) in [5, 5.41) is 3.37. The van der Waals surface area contributed by atoms with Crippen molar-refractivity contribution in [3.8, 4) is 0 Å². The van der Waals surface area contributed by atoms with Gasteiger partial charge in [0.05, 0.1) is 5.75 Å². The molecule has 1 saturated carbocycles. The van der Waals surface area contributed by atoms with E-state index in [0.29, 0.717) is 5.41 Å². The summed E-state index contributed by atoms with van der Waals surface area (Å²) >= 11 is 0. The molecule has 0 unspecified atom stereocenters. The third-order valence-electron chi connectivity index (χ3n) is 4.72. The summed E-state index contributed by atoms with van der Waals surface area (Å²) in [6, 6.07) is 0. The van der Waals surface area contributed by atoms with E-state index in [4.69, 9.17) is 0 Å². The molecule has 2 rings (SSSR count). The lowest BCUT2D eigenvalue weighted by Gasteiger charge is -2.42. The van der Waals surface area contributed by atoms with E-state index >= 15 is 0 Å². The first-order chi connectivity index (χ1) is 8.96. The van der Waals surface area contributed by atoms with Crippen LogP contribution in [0, 0.1) is 11.3 Å². The lowest BCUT2D eigenvalue weighted by Crippen LogP contribution is -2.43. The maximum Gasteiger partial charge on any atom is 0.236 e. The van der Waals surface area contributed by atoms with Gasteiger partial charge in [-0.05, 0) is 64.0 Å². The Kier molecular flexibility index (Phi) is 4.50. The molecule has 0 aromatic carbocycles. The third kappa shape index (κ3) is 3.69. The number of hydrogen-bond acceptors (Lipinski definition) is 4. The molecular weight excluding hydrogens is 264 g/mol. The molecule has 1 amide bonds. The van der Waals surface area contributed by atoms with E-state index in [-0.39, 0.29) is 17.6 Å². The summed E-state index contributed by atoms with van der Waals surface area (Å²) in [7, 11) is -3.41. The Morgan fingerprint density at radius 3 is 2.32 bits per heavy atom. The molecule has 1 spiro atoms. The van der Waals surface area contributed by atoms with Gasteiger partial charge in [0.2, 0.25) is 15.9 Å². The maximum absolute atomic E-state index is 11.9. The largest absolute Gasteiger partial charge is 0.317 e. The zero-order valence-corrected chi connectivity index (χ0v) is 12.4. The highest BCUT2D eigenvalue weighted by Gasteiger charge is 2.38. The molecule has 5 nitrogen and oxygen atoms in total. The number of rotatable bonds is 3. The van der Waals surface area contributed by atoms with Gasteiger partial charge in [-0.2, -0.15) is 0 Å². The van der Waals surface area contributed by atoms with E-state index in [1.54, 1.807) is 6.92 Å². The van der Waals surface area contributed by atoms with E-state index in [1.165, 1.54) is 12.8 Å². The lowest BCUT2D eigenvalue weighted by atomic mass is 9.65. The molecule has 1 heterocycles. The topological polar surface area (TPSA) is 75.3 Å². The molecule has 6 heteroatoms. The van der Waals surface area contributed by atoms with Crippen LogP contribution in [0.25, 0.3) is 0 Å². The van der Waals surface area contributed by atoms with Gasteiger partial charge in [-0.1, -0.05) is 0 Å². The predicted octanol–water partition coefficient (Wildman–Crippen LogP) is 1.01. The van der Waals surface area contributed by atoms with Crippen molar-refractivity contribution in [1.82, 2.24) is 10.0 Å². The fourth-order valence-electron chi connectivity index (χ4n) is 3.26.